The highest BCUT2D eigenvalue weighted by Crippen LogP contribution is 2.14. The first-order chi connectivity index (χ1) is 9.74. The minimum atomic E-state index is -0.567. The Labute approximate surface area is 115 Å². The summed E-state index contributed by atoms with van der Waals surface area (Å²) in [7, 11) is 0. The number of nitrogens with one attached hydrogen (secondary N) is 1. The lowest BCUT2D eigenvalue weighted by molar-refractivity contribution is 0.0385. The molecule has 4 heteroatoms. The number of cyclic esters (lactones) is 2. The minimum absolute atomic E-state index is 0.433. The van der Waals surface area contributed by atoms with E-state index in [9.17, 15) is 9.59 Å². The molecule has 98 valence electrons. The summed E-state index contributed by atoms with van der Waals surface area (Å²) in [4.78, 5) is 24.8. The van der Waals surface area contributed by atoms with E-state index in [1.807, 2.05) is 18.3 Å². The largest absolute Gasteiger partial charge is 0.386 e. The van der Waals surface area contributed by atoms with E-state index in [1.54, 1.807) is 18.2 Å². The molecule has 2 aromatic carbocycles. The smallest absolute Gasteiger partial charge is 0.346 e. The Balaban J connectivity index is 0.000000123. The summed E-state index contributed by atoms with van der Waals surface area (Å²) < 4.78 is 4.39. The molecule has 1 N–H and O–H groups in total. The van der Waals surface area contributed by atoms with Crippen LogP contribution < -0.4 is 0 Å². The first-order valence-corrected chi connectivity index (χ1v) is 6.13. The maximum atomic E-state index is 10.8. The Bertz CT molecular complexity index is 730. The second-order valence-corrected chi connectivity index (χ2v) is 4.32. The van der Waals surface area contributed by atoms with E-state index in [-0.39, 0.29) is 0 Å². The maximum Gasteiger partial charge on any atom is 0.346 e. The highest BCUT2D eigenvalue weighted by atomic mass is 16.6. The van der Waals surface area contributed by atoms with Crippen LogP contribution in [0.1, 0.15) is 20.7 Å². The molecule has 2 bridgehead atoms. The first-order valence-electron chi connectivity index (χ1n) is 6.13. The van der Waals surface area contributed by atoms with Crippen molar-refractivity contribution in [2.45, 2.75) is 0 Å². The maximum absolute atomic E-state index is 10.8. The number of esters is 2. The number of H-pyrrole nitrogens is 1. The van der Waals surface area contributed by atoms with Gasteiger partial charge in [0.25, 0.3) is 0 Å². The van der Waals surface area contributed by atoms with Crippen molar-refractivity contribution in [2.75, 3.05) is 0 Å². The topological polar surface area (TPSA) is 59.2 Å². The molecule has 1 aliphatic rings. The third-order valence-electron chi connectivity index (χ3n) is 2.98. The molecular formula is C16H11NO3. The van der Waals surface area contributed by atoms with Crippen molar-refractivity contribution in [3.8, 4) is 0 Å². The van der Waals surface area contributed by atoms with Crippen LogP contribution in [0.2, 0.25) is 0 Å². The number of ether oxygens (including phenoxy) is 1. The average molecular weight is 265 g/mol. The molecule has 2 heterocycles. The third kappa shape index (κ3) is 2.31. The Morgan fingerprint density at radius 3 is 2.20 bits per heavy atom. The van der Waals surface area contributed by atoms with Crippen LogP contribution in [0.15, 0.2) is 60.8 Å². The molecule has 0 aliphatic carbocycles. The minimum Gasteiger partial charge on any atom is -0.386 e. The van der Waals surface area contributed by atoms with E-state index < -0.39 is 11.9 Å². The van der Waals surface area contributed by atoms with E-state index in [0.29, 0.717) is 11.1 Å². The number of fused-ring (bicyclic) bond motifs is 3. The van der Waals surface area contributed by atoms with Gasteiger partial charge in [-0.25, -0.2) is 9.59 Å². The van der Waals surface area contributed by atoms with Crippen molar-refractivity contribution < 1.29 is 14.3 Å². The zero-order valence-electron chi connectivity index (χ0n) is 10.5. The molecule has 0 saturated heterocycles. The molecule has 20 heavy (non-hydrogen) atoms. The molecule has 4 rings (SSSR count). The lowest BCUT2D eigenvalue weighted by Gasteiger charge is -2.09. The molecule has 0 amide bonds. The fourth-order valence-corrected chi connectivity index (χ4v) is 1.97. The monoisotopic (exact) mass is 265 g/mol. The van der Waals surface area contributed by atoms with Crippen molar-refractivity contribution in [1.29, 1.82) is 0 Å². The van der Waals surface area contributed by atoms with Crippen LogP contribution in [-0.4, -0.2) is 16.9 Å². The van der Waals surface area contributed by atoms with Crippen LogP contribution in [0.25, 0.3) is 10.9 Å². The lowest BCUT2D eigenvalue weighted by atomic mass is 10.1. The van der Waals surface area contributed by atoms with Crippen molar-refractivity contribution in [3.05, 3.63) is 71.9 Å². The second-order valence-electron chi connectivity index (χ2n) is 4.32. The fraction of sp³-hybridized carbons (Fsp3) is 0. The standard InChI is InChI=1S/C8H7N.C8H4O3/c1-2-4-8-7(3-1)5-6-9-8;9-7-5-2-1-3-6(4-5)8(10)11-7/h1-6,9H;1-4H. The van der Waals surface area contributed by atoms with Gasteiger partial charge in [0.1, 0.15) is 0 Å². The molecule has 0 atom stereocenters. The summed E-state index contributed by atoms with van der Waals surface area (Å²) in [6, 6.07) is 16.7. The summed E-state index contributed by atoms with van der Waals surface area (Å²) in [5.41, 5.74) is 2.07. The van der Waals surface area contributed by atoms with Crippen LogP contribution >= 0.6 is 0 Å². The highest BCUT2D eigenvalue weighted by Gasteiger charge is 2.21. The van der Waals surface area contributed by atoms with Gasteiger partial charge in [0, 0.05) is 11.7 Å². The highest BCUT2D eigenvalue weighted by molar-refractivity contribution is 6.07. The normalized spacial score (nSPS) is 12.6. The number of benzene rings is 2. The molecule has 0 saturated carbocycles. The number of aromatic amines is 1. The van der Waals surface area contributed by atoms with Gasteiger partial charge in [-0.05, 0) is 35.7 Å². The summed E-state index contributed by atoms with van der Waals surface area (Å²) in [6.45, 7) is 0. The summed E-state index contributed by atoms with van der Waals surface area (Å²) in [5, 5.41) is 1.28. The van der Waals surface area contributed by atoms with Gasteiger partial charge >= 0.3 is 11.9 Å². The van der Waals surface area contributed by atoms with Crippen molar-refractivity contribution in [1.82, 2.24) is 4.98 Å². The van der Waals surface area contributed by atoms with Gasteiger partial charge in [0.2, 0.25) is 0 Å². The summed E-state index contributed by atoms with van der Waals surface area (Å²) in [5.74, 6) is -1.13. The van der Waals surface area contributed by atoms with Crippen molar-refractivity contribution >= 4 is 22.8 Å². The van der Waals surface area contributed by atoms with Crippen molar-refractivity contribution in [3.63, 3.8) is 0 Å². The first kappa shape index (κ1) is 12.2. The number of carbonyl (C=O) groups is 2. The Morgan fingerprint density at radius 2 is 1.50 bits per heavy atom. The quantitative estimate of drug-likeness (QED) is 0.501. The van der Waals surface area contributed by atoms with Crippen molar-refractivity contribution in [2.24, 2.45) is 0 Å². The van der Waals surface area contributed by atoms with Gasteiger partial charge in [-0.15, -0.1) is 0 Å². The molecule has 0 fully saturated rings. The molecule has 0 spiro atoms. The summed E-state index contributed by atoms with van der Waals surface area (Å²) >= 11 is 0. The van der Waals surface area contributed by atoms with Crippen LogP contribution in [0.5, 0.6) is 0 Å². The third-order valence-corrected chi connectivity index (χ3v) is 2.98. The zero-order chi connectivity index (χ0) is 13.9. The predicted octanol–water partition coefficient (Wildman–Crippen LogP) is 3.17. The van der Waals surface area contributed by atoms with Gasteiger partial charge in [-0.3, -0.25) is 0 Å². The van der Waals surface area contributed by atoms with Crippen LogP contribution in [0.4, 0.5) is 0 Å². The lowest BCUT2D eigenvalue weighted by Crippen LogP contribution is -2.18. The molecule has 0 unspecified atom stereocenters. The van der Waals surface area contributed by atoms with Crippen LogP contribution in [-0.2, 0) is 4.74 Å². The predicted molar refractivity (Wildman–Crippen MR) is 74.5 cm³/mol. The van der Waals surface area contributed by atoms with E-state index >= 15 is 0 Å². The number of carbonyl (C=O) groups excluding carboxylic acids is 2. The van der Waals surface area contributed by atoms with E-state index in [4.69, 9.17) is 0 Å². The van der Waals surface area contributed by atoms with E-state index in [0.717, 1.165) is 0 Å². The molecule has 0 radical (unpaired) electrons. The zero-order valence-corrected chi connectivity index (χ0v) is 10.5. The number of aromatic nitrogens is 1. The molecule has 4 nitrogen and oxygen atoms in total. The van der Waals surface area contributed by atoms with Gasteiger partial charge in [-0.2, -0.15) is 0 Å². The molecular weight excluding hydrogens is 254 g/mol. The van der Waals surface area contributed by atoms with Gasteiger partial charge in [-0.1, -0.05) is 24.3 Å². The Hall–Kier alpha value is -2.88. The molecule has 3 aromatic rings. The van der Waals surface area contributed by atoms with Gasteiger partial charge in [0.15, 0.2) is 0 Å². The average Bonchev–Trinajstić information content (AvgIpc) is 2.95. The molecule has 1 aromatic heterocycles. The summed E-state index contributed by atoms with van der Waals surface area (Å²) in [6.07, 6.45) is 1.95. The van der Waals surface area contributed by atoms with E-state index in [2.05, 4.69) is 27.9 Å². The molecule has 1 aliphatic heterocycles. The van der Waals surface area contributed by atoms with E-state index in [1.165, 1.54) is 17.0 Å². The number of rotatable bonds is 0. The Kier molecular flexibility index (Phi) is 3.05. The SMILES string of the molecule is O=C1OC(=O)c2cccc1c2.c1ccc2[nH]ccc2c1. The van der Waals surface area contributed by atoms with Crippen LogP contribution in [0, 0.1) is 0 Å². The van der Waals surface area contributed by atoms with Gasteiger partial charge in [0.05, 0.1) is 11.1 Å². The fourth-order valence-electron chi connectivity index (χ4n) is 1.97. The number of hydrogen-bond donors (Lipinski definition) is 1. The van der Waals surface area contributed by atoms with Gasteiger partial charge < -0.3 is 9.72 Å². The van der Waals surface area contributed by atoms with Crippen LogP contribution in [0.3, 0.4) is 0 Å². The second kappa shape index (κ2) is 5.01. The Morgan fingerprint density at radius 1 is 0.800 bits per heavy atom. The number of hydrogen-bond acceptors (Lipinski definition) is 3. The number of para-hydroxylation sites is 1.